The van der Waals surface area contributed by atoms with Gasteiger partial charge in [-0.2, -0.15) is 0 Å². The first-order valence-corrected chi connectivity index (χ1v) is 7.65. The summed E-state index contributed by atoms with van der Waals surface area (Å²) in [5, 5.41) is 0. The number of aromatic nitrogens is 2. The molecule has 3 nitrogen and oxygen atoms in total. The molecule has 1 saturated heterocycles. The fraction of sp³-hybridized carbons (Fsp3) is 0.714. The van der Waals surface area contributed by atoms with E-state index in [0.717, 1.165) is 22.6 Å². The monoisotopic (exact) mass is 311 g/mol. The highest BCUT2D eigenvalue weighted by Gasteiger charge is 2.19. The van der Waals surface area contributed by atoms with Crippen LogP contribution >= 0.6 is 15.9 Å². The van der Waals surface area contributed by atoms with Crippen molar-refractivity contribution in [2.24, 2.45) is 5.92 Å². The highest BCUT2D eigenvalue weighted by molar-refractivity contribution is 9.10. The van der Waals surface area contributed by atoms with Crippen LogP contribution in [0.2, 0.25) is 0 Å². The van der Waals surface area contributed by atoms with Gasteiger partial charge in [0.25, 0.3) is 0 Å². The third-order valence-electron chi connectivity index (χ3n) is 3.78. The third-order valence-corrected chi connectivity index (χ3v) is 4.19. The Balaban J connectivity index is 1.88. The van der Waals surface area contributed by atoms with Crippen molar-refractivity contribution in [3.05, 3.63) is 22.7 Å². The molecule has 0 N–H and O–H groups in total. The van der Waals surface area contributed by atoms with Gasteiger partial charge in [-0.15, -0.1) is 0 Å². The predicted octanol–water partition coefficient (Wildman–Crippen LogP) is 3.29. The molecular weight excluding hydrogens is 290 g/mol. The Morgan fingerprint density at radius 3 is 2.78 bits per heavy atom. The zero-order chi connectivity index (χ0) is 13.0. The van der Waals surface area contributed by atoms with E-state index < -0.39 is 0 Å². The summed E-state index contributed by atoms with van der Waals surface area (Å²) in [5.74, 6) is 0.768. The lowest BCUT2D eigenvalue weighted by molar-refractivity contribution is 0.228. The largest absolute Gasteiger partial charge is 0.301 e. The first kappa shape index (κ1) is 13.9. The number of nitrogens with zero attached hydrogens (tertiary/aromatic N) is 3. The van der Waals surface area contributed by atoms with Gasteiger partial charge in [0, 0.05) is 12.2 Å². The lowest BCUT2D eigenvalue weighted by Crippen LogP contribution is -2.31. The van der Waals surface area contributed by atoms with E-state index in [0.29, 0.717) is 6.04 Å². The molecule has 0 aromatic carbocycles. The van der Waals surface area contributed by atoms with Gasteiger partial charge in [0.1, 0.15) is 4.60 Å². The Morgan fingerprint density at radius 2 is 2.11 bits per heavy atom. The average Bonchev–Trinajstić information content (AvgIpc) is 2.58. The molecule has 0 spiro atoms. The number of rotatable bonds is 3. The maximum Gasteiger partial charge on any atom is 0.124 e. The predicted molar refractivity (Wildman–Crippen MR) is 77.5 cm³/mol. The van der Waals surface area contributed by atoms with E-state index in [9.17, 15) is 0 Å². The first-order valence-electron chi connectivity index (χ1n) is 6.85. The van der Waals surface area contributed by atoms with Crippen LogP contribution in [0.15, 0.2) is 17.0 Å². The van der Waals surface area contributed by atoms with Gasteiger partial charge >= 0.3 is 0 Å². The molecule has 1 aliphatic heterocycles. The van der Waals surface area contributed by atoms with Gasteiger partial charge in [-0.1, -0.05) is 0 Å². The second-order valence-corrected chi connectivity index (χ2v) is 6.27. The molecule has 1 atom stereocenters. The highest BCUT2D eigenvalue weighted by atomic mass is 79.9. The Labute approximate surface area is 118 Å². The molecule has 1 aromatic heterocycles. The number of hydrogen-bond acceptors (Lipinski definition) is 3. The molecule has 2 rings (SSSR count). The van der Waals surface area contributed by atoms with Crippen LogP contribution in [0, 0.1) is 5.92 Å². The van der Waals surface area contributed by atoms with Gasteiger partial charge in [0.15, 0.2) is 0 Å². The van der Waals surface area contributed by atoms with Crippen molar-refractivity contribution in [1.29, 1.82) is 0 Å². The molecule has 1 unspecified atom stereocenters. The molecule has 0 aliphatic carbocycles. The second-order valence-electron chi connectivity index (χ2n) is 5.46. The van der Waals surface area contributed by atoms with Gasteiger partial charge in [0.05, 0.1) is 11.9 Å². The highest BCUT2D eigenvalue weighted by Crippen LogP contribution is 2.22. The Bertz CT molecular complexity index is 364. The number of halogens is 1. The normalized spacial score (nSPS) is 22.1. The standard InChI is InChI=1S/C14H22BrN3/c1-11(2)18-6-3-4-12(5-7-18)8-13-9-17-14(15)10-16-13/h9-12H,3-8H2,1-2H3. The van der Waals surface area contributed by atoms with Crippen LogP contribution in [0.3, 0.4) is 0 Å². The summed E-state index contributed by atoms with van der Waals surface area (Å²) in [4.78, 5) is 11.3. The van der Waals surface area contributed by atoms with Crippen molar-refractivity contribution in [3.8, 4) is 0 Å². The molecule has 0 bridgehead atoms. The van der Waals surface area contributed by atoms with Crippen LogP contribution in [-0.4, -0.2) is 34.0 Å². The van der Waals surface area contributed by atoms with E-state index in [-0.39, 0.29) is 0 Å². The van der Waals surface area contributed by atoms with Crippen LogP contribution in [-0.2, 0) is 6.42 Å². The zero-order valence-corrected chi connectivity index (χ0v) is 12.9. The molecule has 0 saturated carbocycles. The fourth-order valence-corrected chi connectivity index (χ4v) is 2.85. The molecular formula is C14H22BrN3. The van der Waals surface area contributed by atoms with E-state index in [1.807, 2.05) is 6.20 Å². The van der Waals surface area contributed by atoms with E-state index in [2.05, 4.69) is 44.6 Å². The summed E-state index contributed by atoms with van der Waals surface area (Å²) in [6.45, 7) is 7.06. The summed E-state index contributed by atoms with van der Waals surface area (Å²) >= 11 is 3.33. The van der Waals surface area contributed by atoms with Crippen LogP contribution in [0.25, 0.3) is 0 Å². The van der Waals surface area contributed by atoms with Crippen molar-refractivity contribution in [3.63, 3.8) is 0 Å². The molecule has 1 aromatic rings. The second kappa shape index (κ2) is 6.62. The van der Waals surface area contributed by atoms with E-state index in [1.165, 1.54) is 32.4 Å². The molecule has 1 aliphatic rings. The van der Waals surface area contributed by atoms with Gasteiger partial charge in [0.2, 0.25) is 0 Å². The lowest BCUT2D eigenvalue weighted by Gasteiger charge is -2.24. The quantitative estimate of drug-likeness (QED) is 0.857. The minimum absolute atomic E-state index is 0.677. The van der Waals surface area contributed by atoms with Crippen LogP contribution < -0.4 is 0 Å². The molecule has 0 radical (unpaired) electrons. The fourth-order valence-electron chi connectivity index (χ4n) is 2.65. The van der Waals surface area contributed by atoms with Crippen LogP contribution in [0.4, 0.5) is 0 Å². The third kappa shape index (κ3) is 4.02. The SMILES string of the molecule is CC(C)N1CCCC(Cc2cnc(Br)cn2)CC1. The minimum Gasteiger partial charge on any atom is -0.301 e. The van der Waals surface area contributed by atoms with Gasteiger partial charge in [-0.3, -0.25) is 4.98 Å². The Morgan fingerprint density at radius 1 is 1.28 bits per heavy atom. The van der Waals surface area contributed by atoms with Crippen molar-refractivity contribution in [2.75, 3.05) is 13.1 Å². The van der Waals surface area contributed by atoms with E-state index >= 15 is 0 Å². The van der Waals surface area contributed by atoms with Gasteiger partial charge < -0.3 is 4.90 Å². The molecule has 4 heteroatoms. The summed E-state index contributed by atoms with van der Waals surface area (Å²) in [5.41, 5.74) is 1.13. The molecule has 0 amide bonds. The van der Waals surface area contributed by atoms with Crippen molar-refractivity contribution >= 4 is 15.9 Å². The Hall–Kier alpha value is -0.480. The maximum atomic E-state index is 4.43. The van der Waals surface area contributed by atoms with Crippen LogP contribution in [0.5, 0.6) is 0 Å². The summed E-state index contributed by atoms with van der Waals surface area (Å²) < 4.78 is 0.818. The van der Waals surface area contributed by atoms with E-state index in [1.54, 1.807) is 6.20 Å². The van der Waals surface area contributed by atoms with Gasteiger partial charge in [-0.25, -0.2) is 4.98 Å². The smallest absolute Gasteiger partial charge is 0.124 e. The van der Waals surface area contributed by atoms with Gasteiger partial charge in [-0.05, 0) is 74.5 Å². The summed E-state index contributed by atoms with van der Waals surface area (Å²) in [6.07, 6.45) is 8.69. The summed E-state index contributed by atoms with van der Waals surface area (Å²) in [7, 11) is 0. The van der Waals surface area contributed by atoms with Crippen molar-refractivity contribution in [2.45, 2.75) is 45.6 Å². The topological polar surface area (TPSA) is 29.0 Å². The van der Waals surface area contributed by atoms with Crippen LogP contribution in [0.1, 0.15) is 38.8 Å². The first-order chi connectivity index (χ1) is 8.65. The molecule has 2 heterocycles. The van der Waals surface area contributed by atoms with Crippen molar-refractivity contribution in [1.82, 2.24) is 14.9 Å². The molecule has 18 heavy (non-hydrogen) atoms. The minimum atomic E-state index is 0.677. The Kier molecular flexibility index (Phi) is 5.13. The lowest BCUT2D eigenvalue weighted by atomic mass is 9.95. The number of hydrogen-bond donors (Lipinski definition) is 0. The average molecular weight is 312 g/mol. The zero-order valence-electron chi connectivity index (χ0n) is 11.3. The molecule has 100 valence electrons. The maximum absolute atomic E-state index is 4.43. The summed E-state index contributed by atoms with van der Waals surface area (Å²) in [6, 6.07) is 0.677. The van der Waals surface area contributed by atoms with E-state index in [4.69, 9.17) is 0 Å². The van der Waals surface area contributed by atoms with Crippen molar-refractivity contribution < 1.29 is 0 Å². The molecule has 1 fully saturated rings. The number of likely N-dealkylation sites (tertiary alicyclic amines) is 1.